The molecule has 1 unspecified atom stereocenters. The minimum Gasteiger partial charge on any atom is -0.462 e. The second kappa shape index (κ2) is 6.81. The summed E-state index contributed by atoms with van der Waals surface area (Å²) in [6, 6.07) is 4.14. The monoisotopic (exact) mass is 376 g/mol. The zero-order chi connectivity index (χ0) is 19.7. The molecule has 0 radical (unpaired) electrons. The normalized spacial score (nSPS) is 15.6. The Bertz CT molecular complexity index is 606. The van der Waals surface area contributed by atoms with Crippen LogP contribution in [0.2, 0.25) is 0 Å². The van der Waals surface area contributed by atoms with Gasteiger partial charge >= 0.3 is 24.0 Å². The zero-order valence-electron chi connectivity index (χ0n) is 13.1. The lowest BCUT2D eigenvalue weighted by Crippen LogP contribution is -2.56. The molecule has 0 fully saturated rings. The smallest absolute Gasteiger partial charge is 0.431 e. The van der Waals surface area contributed by atoms with Crippen LogP contribution in [0.15, 0.2) is 24.3 Å². The summed E-state index contributed by atoms with van der Waals surface area (Å²) in [5, 5.41) is 10.1. The van der Waals surface area contributed by atoms with Crippen LogP contribution in [-0.4, -0.2) is 35.7 Å². The lowest BCUT2D eigenvalue weighted by molar-refractivity contribution is -0.352. The van der Waals surface area contributed by atoms with Crippen molar-refractivity contribution >= 4 is 5.97 Å². The second-order valence-electron chi connectivity index (χ2n) is 5.55. The molecule has 0 aromatic heterocycles. The Morgan fingerprint density at radius 3 is 2.04 bits per heavy atom. The van der Waals surface area contributed by atoms with E-state index in [-0.39, 0.29) is 12.2 Å². The summed E-state index contributed by atoms with van der Waals surface area (Å²) in [6.07, 6.45) is -14.9. The molecule has 10 heteroatoms. The molecule has 0 aliphatic heterocycles. The number of halogens is 7. The third kappa shape index (κ3) is 4.42. The summed E-state index contributed by atoms with van der Waals surface area (Å²) >= 11 is 0. The quantitative estimate of drug-likeness (QED) is 0.616. The molecule has 25 heavy (non-hydrogen) atoms. The van der Waals surface area contributed by atoms with Gasteiger partial charge in [-0.15, -0.1) is 0 Å². The summed E-state index contributed by atoms with van der Waals surface area (Å²) in [5.74, 6) is -0.890. The van der Waals surface area contributed by atoms with Gasteiger partial charge in [-0.05, 0) is 31.5 Å². The molecule has 142 valence electrons. The summed E-state index contributed by atoms with van der Waals surface area (Å²) in [5.41, 5.74) is -9.18. The first-order chi connectivity index (χ1) is 11.2. The number of aliphatic hydroxyl groups is 1. The Kier molecular flexibility index (Phi) is 5.78. The van der Waals surface area contributed by atoms with Crippen LogP contribution in [0.4, 0.5) is 30.7 Å². The van der Waals surface area contributed by atoms with Crippen molar-refractivity contribution in [3.05, 3.63) is 35.4 Å². The molecule has 1 aromatic carbocycles. The van der Waals surface area contributed by atoms with E-state index >= 15 is 0 Å². The van der Waals surface area contributed by atoms with Gasteiger partial charge in [0.1, 0.15) is 0 Å². The summed E-state index contributed by atoms with van der Waals surface area (Å²) in [4.78, 5) is 11.6. The minimum absolute atomic E-state index is 0.0187. The molecule has 0 amide bonds. The molecule has 0 heterocycles. The van der Waals surface area contributed by atoms with E-state index in [1.165, 1.54) is 13.0 Å². The number of rotatable bonds is 5. The number of alkyl halides is 7. The first-order valence-electron chi connectivity index (χ1n) is 6.98. The Morgan fingerprint density at radius 1 is 1.08 bits per heavy atom. The largest absolute Gasteiger partial charge is 0.462 e. The average molecular weight is 376 g/mol. The number of esters is 1. The maximum atomic E-state index is 13.9. The topological polar surface area (TPSA) is 46.5 Å². The van der Waals surface area contributed by atoms with E-state index in [2.05, 4.69) is 4.74 Å². The van der Waals surface area contributed by atoms with Crippen LogP contribution in [0.1, 0.15) is 36.2 Å². The predicted molar refractivity (Wildman–Crippen MR) is 72.5 cm³/mol. The first-order valence-corrected chi connectivity index (χ1v) is 6.98. The van der Waals surface area contributed by atoms with Gasteiger partial charge in [0, 0.05) is 6.42 Å². The van der Waals surface area contributed by atoms with Crippen LogP contribution < -0.4 is 0 Å². The van der Waals surface area contributed by atoms with E-state index in [1.807, 2.05) is 0 Å². The van der Waals surface area contributed by atoms with Crippen molar-refractivity contribution in [2.24, 2.45) is 0 Å². The van der Waals surface area contributed by atoms with E-state index in [9.17, 15) is 40.6 Å². The molecule has 3 nitrogen and oxygen atoms in total. The lowest BCUT2D eigenvalue weighted by Gasteiger charge is -2.36. The van der Waals surface area contributed by atoms with Gasteiger partial charge in [-0.25, -0.2) is 9.18 Å². The predicted octanol–water partition coefficient (Wildman–Crippen LogP) is 4.29. The number of carbonyl (C=O) groups is 1. The SMILES string of the molecule is CCOC(=O)c1cccc(C(C)(O)CC(F)(C(F)(F)F)C(F)(F)F)c1. The van der Waals surface area contributed by atoms with Crippen LogP contribution >= 0.6 is 0 Å². The van der Waals surface area contributed by atoms with Crippen molar-refractivity contribution in [1.82, 2.24) is 0 Å². The number of hydrogen-bond donors (Lipinski definition) is 1. The maximum absolute atomic E-state index is 13.9. The minimum atomic E-state index is -6.28. The van der Waals surface area contributed by atoms with Gasteiger partial charge < -0.3 is 9.84 Å². The van der Waals surface area contributed by atoms with Gasteiger partial charge in [0.05, 0.1) is 17.8 Å². The second-order valence-corrected chi connectivity index (χ2v) is 5.55. The van der Waals surface area contributed by atoms with Crippen molar-refractivity contribution in [1.29, 1.82) is 0 Å². The highest BCUT2D eigenvalue weighted by molar-refractivity contribution is 5.89. The van der Waals surface area contributed by atoms with Gasteiger partial charge in [0.15, 0.2) is 0 Å². The average Bonchev–Trinajstić information content (AvgIpc) is 2.45. The summed E-state index contributed by atoms with van der Waals surface area (Å²) in [6.45, 7) is 2.07. The van der Waals surface area contributed by atoms with E-state index in [0.29, 0.717) is 6.92 Å². The summed E-state index contributed by atoms with van der Waals surface area (Å²) < 4.78 is 94.6. The number of benzene rings is 1. The number of ether oxygens (including phenoxy) is 1. The highest BCUT2D eigenvalue weighted by Crippen LogP contribution is 2.51. The van der Waals surface area contributed by atoms with Crippen molar-refractivity contribution in [3.63, 3.8) is 0 Å². The molecule has 1 N–H and O–H groups in total. The molecule has 1 rings (SSSR count). The van der Waals surface area contributed by atoms with Gasteiger partial charge in [-0.2, -0.15) is 26.3 Å². The molecule has 1 aromatic rings. The van der Waals surface area contributed by atoms with E-state index in [0.717, 1.165) is 18.2 Å². The first kappa shape index (κ1) is 21.2. The van der Waals surface area contributed by atoms with E-state index in [1.54, 1.807) is 0 Å². The lowest BCUT2D eigenvalue weighted by atomic mass is 9.83. The van der Waals surface area contributed by atoms with Gasteiger partial charge in [0.2, 0.25) is 0 Å². The molecule has 1 atom stereocenters. The van der Waals surface area contributed by atoms with Crippen LogP contribution in [0.25, 0.3) is 0 Å². The van der Waals surface area contributed by atoms with Gasteiger partial charge in [-0.1, -0.05) is 12.1 Å². The van der Waals surface area contributed by atoms with Crippen LogP contribution in [0, 0.1) is 0 Å². The molecule has 0 spiro atoms. The third-order valence-corrected chi connectivity index (χ3v) is 3.48. The molecular weight excluding hydrogens is 361 g/mol. The highest BCUT2D eigenvalue weighted by atomic mass is 19.4. The number of carbonyl (C=O) groups excluding carboxylic acids is 1. The standard InChI is InChI=1S/C15H15F7O3/c1-3-25-11(23)9-5-4-6-10(7-9)12(2,24)8-13(16,14(17,18)19)15(20,21)22/h4-7,24H,3,8H2,1-2H3. The highest BCUT2D eigenvalue weighted by Gasteiger charge is 2.73. The summed E-state index contributed by atoms with van der Waals surface area (Å²) in [7, 11) is 0. The van der Waals surface area contributed by atoms with E-state index < -0.39 is 41.6 Å². The van der Waals surface area contributed by atoms with Gasteiger partial charge in [-0.3, -0.25) is 0 Å². The number of hydrogen-bond acceptors (Lipinski definition) is 3. The Morgan fingerprint density at radius 2 is 1.60 bits per heavy atom. The molecule has 0 bridgehead atoms. The molecule has 0 aliphatic rings. The van der Waals surface area contributed by atoms with Crippen molar-refractivity contribution in [3.8, 4) is 0 Å². The fourth-order valence-electron chi connectivity index (χ4n) is 2.13. The van der Waals surface area contributed by atoms with Crippen molar-refractivity contribution < 1.29 is 45.4 Å². The van der Waals surface area contributed by atoms with E-state index in [4.69, 9.17) is 0 Å². The molecular formula is C15H15F7O3. The maximum Gasteiger partial charge on any atom is 0.431 e. The van der Waals surface area contributed by atoms with Crippen LogP contribution in [0.3, 0.4) is 0 Å². The third-order valence-electron chi connectivity index (χ3n) is 3.48. The fourth-order valence-corrected chi connectivity index (χ4v) is 2.13. The zero-order valence-corrected chi connectivity index (χ0v) is 13.1. The van der Waals surface area contributed by atoms with Crippen molar-refractivity contribution in [2.45, 2.75) is 43.9 Å². The van der Waals surface area contributed by atoms with Gasteiger partial charge in [0.25, 0.3) is 0 Å². The molecule has 0 saturated heterocycles. The van der Waals surface area contributed by atoms with Crippen LogP contribution in [-0.2, 0) is 10.3 Å². The fraction of sp³-hybridized carbons (Fsp3) is 0.533. The Balaban J connectivity index is 3.28. The Hall–Kier alpha value is -1.84. The Labute approximate surface area is 138 Å². The van der Waals surface area contributed by atoms with Crippen LogP contribution in [0.5, 0.6) is 0 Å². The van der Waals surface area contributed by atoms with Crippen molar-refractivity contribution in [2.75, 3.05) is 6.61 Å². The molecule has 0 aliphatic carbocycles. The molecule has 0 saturated carbocycles.